The molecule has 1 aromatic rings. The molecule has 2 saturated carbocycles. The summed E-state index contributed by atoms with van der Waals surface area (Å²) < 4.78 is 5.19. The van der Waals surface area contributed by atoms with Gasteiger partial charge in [0, 0.05) is 5.92 Å². The lowest BCUT2D eigenvalue weighted by atomic mass is 9.73. The Morgan fingerprint density at radius 2 is 2.14 bits per heavy atom. The van der Waals surface area contributed by atoms with Crippen molar-refractivity contribution in [3.63, 3.8) is 0 Å². The van der Waals surface area contributed by atoms with Crippen LogP contribution in [0.15, 0.2) is 4.52 Å². The van der Waals surface area contributed by atoms with E-state index in [0.717, 1.165) is 32.1 Å². The van der Waals surface area contributed by atoms with Gasteiger partial charge in [0.25, 0.3) is 5.91 Å². The van der Waals surface area contributed by atoms with E-state index < -0.39 is 5.54 Å². The zero-order valence-electron chi connectivity index (χ0n) is 12.7. The van der Waals surface area contributed by atoms with Crippen molar-refractivity contribution in [2.45, 2.75) is 63.5 Å². The predicted octanol–water partition coefficient (Wildman–Crippen LogP) is 1.95. The number of hydrogen-bond donors (Lipinski definition) is 1. The van der Waals surface area contributed by atoms with Gasteiger partial charge >= 0.3 is 6.03 Å². The van der Waals surface area contributed by atoms with Gasteiger partial charge in [-0.25, -0.2) is 4.79 Å². The van der Waals surface area contributed by atoms with E-state index in [0.29, 0.717) is 24.1 Å². The monoisotopic (exact) mass is 304 g/mol. The Hall–Kier alpha value is -1.92. The summed E-state index contributed by atoms with van der Waals surface area (Å²) in [5.74, 6) is 1.45. The molecular formula is C15H20N4O3. The summed E-state index contributed by atoms with van der Waals surface area (Å²) in [5, 5.41) is 6.86. The third-order valence-electron chi connectivity index (χ3n) is 5.22. The van der Waals surface area contributed by atoms with Gasteiger partial charge in [-0.3, -0.25) is 9.69 Å². The average molecular weight is 304 g/mol. The molecule has 3 amide bonds. The van der Waals surface area contributed by atoms with Crippen LogP contribution in [0, 0.1) is 5.92 Å². The Labute approximate surface area is 128 Å². The summed E-state index contributed by atoms with van der Waals surface area (Å²) in [5.41, 5.74) is -0.728. The lowest BCUT2D eigenvalue weighted by molar-refractivity contribution is -0.134. The highest BCUT2D eigenvalue weighted by Crippen LogP contribution is 2.39. The first kappa shape index (κ1) is 13.7. The Morgan fingerprint density at radius 1 is 1.32 bits per heavy atom. The Bertz CT molecular complexity index is 624. The molecule has 2 aliphatic carbocycles. The fourth-order valence-corrected chi connectivity index (χ4v) is 3.61. The summed E-state index contributed by atoms with van der Waals surface area (Å²) in [6.45, 7) is 2.11. The van der Waals surface area contributed by atoms with Crippen molar-refractivity contribution in [1.29, 1.82) is 0 Å². The van der Waals surface area contributed by atoms with Crippen molar-refractivity contribution < 1.29 is 14.1 Å². The van der Waals surface area contributed by atoms with E-state index in [-0.39, 0.29) is 24.4 Å². The van der Waals surface area contributed by atoms with Crippen molar-refractivity contribution in [3.05, 3.63) is 11.7 Å². The summed E-state index contributed by atoms with van der Waals surface area (Å²) in [7, 11) is 0. The molecule has 2 atom stereocenters. The van der Waals surface area contributed by atoms with Crippen molar-refractivity contribution >= 4 is 11.9 Å². The normalized spacial score (nSPS) is 31.9. The van der Waals surface area contributed by atoms with Crippen LogP contribution in [0.4, 0.5) is 4.79 Å². The first-order chi connectivity index (χ1) is 10.6. The highest BCUT2D eigenvalue weighted by molar-refractivity contribution is 6.07. The van der Waals surface area contributed by atoms with E-state index in [4.69, 9.17) is 4.52 Å². The van der Waals surface area contributed by atoms with Crippen LogP contribution in [-0.2, 0) is 11.3 Å². The van der Waals surface area contributed by atoms with E-state index in [1.54, 1.807) is 0 Å². The largest absolute Gasteiger partial charge is 0.337 e. The van der Waals surface area contributed by atoms with Gasteiger partial charge in [-0.1, -0.05) is 24.9 Å². The maximum Gasteiger partial charge on any atom is 0.325 e. The second-order valence-electron chi connectivity index (χ2n) is 6.76. The highest BCUT2D eigenvalue weighted by atomic mass is 16.5. The van der Waals surface area contributed by atoms with Gasteiger partial charge < -0.3 is 9.84 Å². The molecule has 1 saturated heterocycles. The fraction of sp³-hybridized carbons (Fsp3) is 0.733. The number of rotatable bonds is 3. The summed E-state index contributed by atoms with van der Waals surface area (Å²) in [4.78, 5) is 30.6. The van der Waals surface area contributed by atoms with Gasteiger partial charge in [0.05, 0.1) is 0 Å². The smallest absolute Gasteiger partial charge is 0.325 e. The van der Waals surface area contributed by atoms with E-state index in [1.807, 2.05) is 6.92 Å². The molecular weight excluding hydrogens is 284 g/mol. The number of amides is 3. The van der Waals surface area contributed by atoms with Crippen LogP contribution in [0.3, 0.4) is 0 Å². The van der Waals surface area contributed by atoms with Gasteiger partial charge in [0.1, 0.15) is 12.1 Å². The van der Waals surface area contributed by atoms with Crippen LogP contribution in [0.25, 0.3) is 0 Å². The summed E-state index contributed by atoms with van der Waals surface area (Å²) >= 11 is 0. The van der Waals surface area contributed by atoms with Crippen LogP contribution < -0.4 is 5.32 Å². The van der Waals surface area contributed by atoms with Crippen molar-refractivity contribution in [3.8, 4) is 0 Å². The van der Waals surface area contributed by atoms with Crippen molar-refractivity contribution in [2.75, 3.05) is 0 Å². The topological polar surface area (TPSA) is 88.3 Å². The van der Waals surface area contributed by atoms with E-state index in [9.17, 15) is 9.59 Å². The molecule has 4 rings (SSSR count). The van der Waals surface area contributed by atoms with E-state index >= 15 is 0 Å². The zero-order valence-corrected chi connectivity index (χ0v) is 12.7. The molecule has 3 fully saturated rings. The maximum atomic E-state index is 12.8. The first-order valence-corrected chi connectivity index (χ1v) is 8.07. The van der Waals surface area contributed by atoms with Gasteiger partial charge in [0.15, 0.2) is 5.82 Å². The third kappa shape index (κ3) is 2.02. The van der Waals surface area contributed by atoms with Crippen LogP contribution >= 0.6 is 0 Å². The molecule has 1 aliphatic heterocycles. The van der Waals surface area contributed by atoms with Crippen LogP contribution in [0.1, 0.15) is 63.1 Å². The number of carbonyl (C=O) groups excluding carboxylic acids is 2. The summed E-state index contributed by atoms with van der Waals surface area (Å²) in [6.07, 6.45) is 5.93. The average Bonchev–Trinajstić information content (AvgIpc) is 3.20. The Morgan fingerprint density at radius 3 is 2.86 bits per heavy atom. The third-order valence-corrected chi connectivity index (χ3v) is 5.22. The molecule has 3 aliphatic rings. The molecule has 0 radical (unpaired) electrons. The molecule has 1 aromatic heterocycles. The minimum Gasteiger partial charge on any atom is -0.337 e. The molecule has 0 aromatic carbocycles. The molecule has 118 valence electrons. The van der Waals surface area contributed by atoms with Gasteiger partial charge in [-0.15, -0.1) is 0 Å². The molecule has 1 spiro atoms. The zero-order chi connectivity index (χ0) is 15.3. The molecule has 22 heavy (non-hydrogen) atoms. The summed E-state index contributed by atoms with van der Waals surface area (Å²) in [6, 6.07) is -0.343. The molecule has 2 unspecified atom stereocenters. The van der Waals surface area contributed by atoms with Crippen LogP contribution in [0.5, 0.6) is 0 Å². The lowest BCUT2D eigenvalue weighted by Gasteiger charge is -2.36. The lowest BCUT2D eigenvalue weighted by Crippen LogP contribution is -2.53. The second kappa shape index (κ2) is 4.79. The number of carbonyl (C=O) groups is 2. The molecule has 1 N–H and O–H groups in total. The molecule has 7 nitrogen and oxygen atoms in total. The SMILES string of the molecule is CC1CCCCC12NC(=O)N(Cc1nc(C3CC3)no1)C2=O. The van der Waals surface area contributed by atoms with Gasteiger partial charge in [0.2, 0.25) is 5.89 Å². The van der Waals surface area contributed by atoms with Gasteiger partial charge in [-0.05, 0) is 31.6 Å². The fourth-order valence-electron chi connectivity index (χ4n) is 3.61. The minimum atomic E-state index is -0.728. The molecule has 0 bridgehead atoms. The number of imide groups is 1. The van der Waals surface area contributed by atoms with Crippen molar-refractivity contribution in [1.82, 2.24) is 20.4 Å². The predicted molar refractivity (Wildman–Crippen MR) is 75.7 cm³/mol. The quantitative estimate of drug-likeness (QED) is 0.862. The maximum absolute atomic E-state index is 12.8. The highest BCUT2D eigenvalue weighted by Gasteiger charge is 2.55. The van der Waals surface area contributed by atoms with E-state index in [2.05, 4.69) is 15.5 Å². The van der Waals surface area contributed by atoms with Crippen LogP contribution in [0.2, 0.25) is 0 Å². The number of aromatic nitrogens is 2. The van der Waals surface area contributed by atoms with Crippen molar-refractivity contribution in [2.24, 2.45) is 5.92 Å². The second-order valence-corrected chi connectivity index (χ2v) is 6.76. The Balaban J connectivity index is 1.53. The number of nitrogens with one attached hydrogen (secondary N) is 1. The molecule has 2 heterocycles. The number of hydrogen-bond acceptors (Lipinski definition) is 5. The van der Waals surface area contributed by atoms with E-state index in [1.165, 1.54) is 4.90 Å². The first-order valence-electron chi connectivity index (χ1n) is 8.07. The molecule has 7 heteroatoms. The van der Waals surface area contributed by atoms with Gasteiger partial charge in [-0.2, -0.15) is 4.98 Å². The number of nitrogens with zero attached hydrogens (tertiary/aromatic N) is 3. The van der Waals surface area contributed by atoms with Crippen LogP contribution in [-0.4, -0.2) is 32.5 Å². The standard InChI is InChI=1S/C15H20N4O3/c1-9-4-2-3-7-15(9)13(20)19(14(21)17-15)8-11-16-12(18-22-11)10-5-6-10/h9-10H,2-8H2,1H3,(H,17,21). The Kier molecular flexibility index (Phi) is 2.99. The minimum absolute atomic E-state index is 0.0683. The number of urea groups is 1.